The summed E-state index contributed by atoms with van der Waals surface area (Å²) in [6, 6.07) is 3.83. The highest BCUT2D eigenvalue weighted by Crippen LogP contribution is 2.23. The molecule has 0 aromatic carbocycles. The molecule has 2 aromatic rings. The molecule has 0 aliphatic heterocycles. The number of pyridine rings is 1. The highest BCUT2D eigenvalue weighted by Gasteiger charge is 2.17. The Balaban J connectivity index is 2.90. The molecule has 0 saturated carbocycles. The van der Waals surface area contributed by atoms with Crippen molar-refractivity contribution < 1.29 is 4.79 Å². The molecule has 0 bridgehead atoms. The van der Waals surface area contributed by atoms with Crippen LogP contribution in [0, 0.1) is 0 Å². The summed E-state index contributed by atoms with van der Waals surface area (Å²) in [7, 11) is 1.81. The first-order valence-corrected chi connectivity index (χ1v) is 4.89. The number of rotatable bonds is 2. The number of primary amides is 1. The molecule has 0 unspecified atom stereocenters. The molecule has 78 valence electrons. The van der Waals surface area contributed by atoms with Crippen molar-refractivity contribution in [3.63, 3.8) is 0 Å². The second-order valence-electron chi connectivity index (χ2n) is 3.48. The number of carbonyl (C=O) groups is 1. The van der Waals surface area contributed by atoms with Crippen LogP contribution in [0.2, 0.25) is 0 Å². The monoisotopic (exact) mass is 203 g/mol. The third-order valence-electron chi connectivity index (χ3n) is 2.64. The average Bonchev–Trinajstić information content (AvgIpc) is 2.52. The standard InChI is InChI=1S/C11H13N3O/c1-3-7-8-5-4-6-13-11(8)14(2)9(7)10(12)15/h4-6H,3H2,1-2H3,(H2,12,15). The number of amides is 1. The fraction of sp³-hybridized carbons (Fsp3) is 0.273. The first-order chi connectivity index (χ1) is 7.16. The van der Waals surface area contributed by atoms with E-state index in [1.807, 2.05) is 26.1 Å². The van der Waals surface area contributed by atoms with Crippen molar-refractivity contribution in [1.29, 1.82) is 0 Å². The molecule has 0 spiro atoms. The molecular formula is C11H13N3O. The third-order valence-corrected chi connectivity index (χ3v) is 2.64. The predicted molar refractivity (Wildman–Crippen MR) is 58.6 cm³/mol. The van der Waals surface area contributed by atoms with E-state index in [4.69, 9.17) is 5.73 Å². The van der Waals surface area contributed by atoms with Gasteiger partial charge < -0.3 is 10.3 Å². The molecule has 4 heteroatoms. The lowest BCUT2D eigenvalue weighted by molar-refractivity contribution is 0.0992. The number of hydrogen-bond acceptors (Lipinski definition) is 2. The summed E-state index contributed by atoms with van der Waals surface area (Å²) >= 11 is 0. The van der Waals surface area contributed by atoms with Crippen LogP contribution >= 0.6 is 0 Å². The minimum absolute atomic E-state index is 0.396. The maximum Gasteiger partial charge on any atom is 0.265 e. The van der Waals surface area contributed by atoms with E-state index in [9.17, 15) is 4.79 Å². The van der Waals surface area contributed by atoms with E-state index in [1.54, 1.807) is 10.8 Å². The maximum absolute atomic E-state index is 11.3. The number of carbonyl (C=O) groups excluding carboxylic acids is 1. The number of aromatic nitrogens is 2. The maximum atomic E-state index is 11.3. The van der Waals surface area contributed by atoms with Crippen molar-refractivity contribution in [1.82, 2.24) is 9.55 Å². The Hall–Kier alpha value is -1.84. The van der Waals surface area contributed by atoms with Crippen molar-refractivity contribution in [3.05, 3.63) is 29.6 Å². The molecule has 1 amide bonds. The molecule has 4 nitrogen and oxygen atoms in total. The molecule has 15 heavy (non-hydrogen) atoms. The predicted octanol–water partition coefficient (Wildman–Crippen LogP) is 1.23. The van der Waals surface area contributed by atoms with Gasteiger partial charge in [-0.1, -0.05) is 6.92 Å². The van der Waals surface area contributed by atoms with Gasteiger partial charge in [0.25, 0.3) is 5.91 Å². The zero-order valence-corrected chi connectivity index (χ0v) is 8.82. The Morgan fingerprint density at radius 3 is 2.93 bits per heavy atom. The molecule has 0 saturated heterocycles. The van der Waals surface area contributed by atoms with Gasteiger partial charge in [-0.15, -0.1) is 0 Å². The lowest BCUT2D eigenvalue weighted by Crippen LogP contribution is -2.17. The Labute approximate surface area is 87.7 Å². The fourth-order valence-corrected chi connectivity index (χ4v) is 2.01. The second-order valence-corrected chi connectivity index (χ2v) is 3.48. The zero-order chi connectivity index (χ0) is 11.0. The van der Waals surface area contributed by atoms with Crippen molar-refractivity contribution in [3.8, 4) is 0 Å². The minimum atomic E-state index is -0.396. The van der Waals surface area contributed by atoms with Crippen molar-refractivity contribution in [2.75, 3.05) is 0 Å². The summed E-state index contributed by atoms with van der Waals surface area (Å²) in [6.07, 6.45) is 2.49. The smallest absolute Gasteiger partial charge is 0.265 e. The molecular weight excluding hydrogens is 190 g/mol. The van der Waals surface area contributed by atoms with Crippen molar-refractivity contribution >= 4 is 16.9 Å². The van der Waals surface area contributed by atoms with Gasteiger partial charge in [-0.3, -0.25) is 4.79 Å². The van der Waals surface area contributed by atoms with Gasteiger partial charge in [-0.05, 0) is 24.1 Å². The Morgan fingerprint density at radius 2 is 2.33 bits per heavy atom. The van der Waals surface area contributed by atoms with Crippen LogP contribution in [0.4, 0.5) is 0 Å². The summed E-state index contributed by atoms with van der Waals surface area (Å²) in [5.41, 5.74) is 7.72. The van der Waals surface area contributed by atoms with Gasteiger partial charge in [0.2, 0.25) is 0 Å². The number of nitrogens with zero attached hydrogens (tertiary/aromatic N) is 2. The number of fused-ring (bicyclic) bond motifs is 1. The van der Waals surface area contributed by atoms with Gasteiger partial charge >= 0.3 is 0 Å². The third kappa shape index (κ3) is 1.29. The van der Waals surface area contributed by atoms with Crippen molar-refractivity contribution in [2.24, 2.45) is 12.8 Å². The van der Waals surface area contributed by atoms with E-state index in [0.717, 1.165) is 23.0 Å². The van der Waals surface area contributed by atoms with Crippen LogP contribution in [-0.2, 0) is 13.5 Å². The van der Waals surface area contributed by atoms with E-state index in [2.05, 4.69) is 4.98 Å². The second kappa shape index (κ2) is 3.38. The van der Waals surface area contributed by atoms with Crippen LogP contribution in [0.1, 0.15) is 23.0 Å². The van der Waals surface area contributed by atoms with Gasteiger partial charge in [0.1, 0.15) is 11.3 Å². The first-order valence-electron chi connectivity index (χ1n) is 4.89. The van der Waals surface area contributed by atoms with Gasteiger partial charge in [0, 0.05) is 18.6 Å². The Bertz CT molecular complexity index is 528. The minimum Gasteiger partial charge on any atom is -0.364 e. The largest absolute Gasteiger partial charge is 0.364 e. The summed E-state index contributed by atoms with van der Waals surface area (Å²) in [4.78, 5) is 15.6. The van der Waals surface area contributed by atoms with E-state index < -0.39 is 5.91 Å². The van der Waals surface area contributed by atoms with Crippen LogP contribution in [0.15, 0.2) is 18.3 Å². The Morgan fingerprint density at radius 1 is 1.60 bits per heavy atom. The fourth-order valence-electron chi connectivity index (χ4n) is 2.01. The quantitative estimate of drug-likeness (QED) is 0.798. The molecule has 2 aromatic heterocycles. The van der Waals surface area contributed by atoms with Crippen LogP contribution in [0.25, 0.3) is 11.0 Å². The van der Waals surface area contributed by atoms with E-state index >= 15 is 0 Å². The molecule has 0 atom stereocenters. The number of hydrogen-bond donors (Lipinski definition) is 1. The van der Waals surface area contributed by atoms with Crippen LogP contribution < -0.4 is 5.73 Å². The number of aryl methyl sites for hydroxylation is 2. The number of nitrogens with two attached hydrogens (primary N) is 1. The van der Waals surface area contributed by atoms with Gasteiger partial charge in [0.15, 0.2) is 0 Å². The lowest BCUT2D eigenvalue weighted by atomic mass is 10.1. The van der Waals surface area contributed by atoms with Gasteiger partial charge in [0.05, 0.1) is 0 Å². The SMILES string of the molecule is CCc1c(C(N)=O)n(C)c2ncccc12. The van der Waals surface area contributed by atoms with Crippen LogP contribution in [-0.4, -0.2) is 15.5 Å². The van der Waals surface area contributed by atoms with Crippen LogP contribution in [0.5, 0.6) is 0 Å². The highest BCUT2D eigenvalue weighted by atomic mass is 16.1. The topological polar surface area (TPSA) is 60.9 Å². The molecule has 2 rings (SSSR count). The lowest BCUT2D eigenvalue weighted by Gasteiger charge is -2.00. The van der Waals surface area contributed by atoms with Gasteiger partial charge in [-0.2, -0.15) is 0 Å². The molecule has 0 fully saturated rings. The van der Waals surface area contributed by atoms with E-state index in [0.29, 0.717) is 5.69 Å². The van der Waals surface area contributed by atoms with E-state index in [1.165, 1.54) is 0 Å². The molecule has 0 aliphatic rings. The van der Waals surface area contributed by atoms with Crippen LogP contribution in [0.3, 0.4) is 0 Å². The summed E-state index contributed by atoms with van der Waals surface area (Å²) in [5.74, 6) is -0.396. The summed E-state index contributed by atoms with van der Waals surface area (Å²) in [5, 5.41) is 1.01. The average molecular weight is 203 g/mol. The molecule has 2 N–H and O–H groups in total. The molecule has 0 aliphatic carbocycles. The normalized spacial score (nSPS) is 10.8. The zero-order valence-electron chi connectivity index (χ0n) is 8.82. The summed E-state index contributed by atoms with van der Waals surface area (Å²) < 4.78 is 1.76. The first kappa shape index (κ1) is 9.71. The van der Waals surface area contributed by atoms with Crippen molar-refractivity contribution in [2.45, 2.75) is 13.3 Å². The summed E-state index contributed by atoms with van der Waals surface area (Å²) in [6.45, 7) is 2.01. The molecule has 0 radical (unpaired) electrons. The highest BCUT2D eigenvalue weighted by molar-refractivity contribution is 5.99. The Kier molecular flexibility index (Phi) is 2.19. The molecule has 2 heterocycles. The van der Waals surface area contributed by atoms with Gasteiger partial charge in [-0.25, -0.2) is 4.98 Å². The van der Waals surface area contributed by atoms with E-state index in [-0.39, 0.29) is 0 Å².